The van der Waals surface area contributed by atoms with E-state index in [2.05, 4.69) is 6.92 Å². The van der Waals surface area contributed by atoms with Crippen LogP contribution in [0, 0.1) is 0 Å². The van der Waals surface area contributed by atoms with Gasteiger partial charge in [-0.2, -0.15) is 0 Å². The number of rotatable bonds is 6. The highest BCUT2D eigenvalue weighted by Gasteiger charge is 2.36. The molecule has 0 spiro atoms. The molecule has 19 heavy (non-hydrogen) atoms. The van der Waals surface area contributed by atoms with Gasteiger partial charge in [0.25, 0.3) is 11.8 Å². The summed E-state index contributed by atoms with van der Waals surface area (Å²) in [6.45, 7) is 4.36. The zero-order valence-corrected chi connectivity index (χ0v) is 12.2. The average molecular weight is 279 g/mol. The molecule has 1 aliphatic heterocycles. The lowest BCUT2D eigenvalue weighted by Gasteiger charge is -2.21. The maximum atomic E-state index is 12.2. The Morgan fingerprint density at radius 1 is 1.21 bits per heavy atom. The molecule has 1 aromatic carbocycles. The smallest absolute Gasteiger partial charge is 0.261 e. The molecule has 1 aromatic rings. The molecule has 5 heteroatoms. The van der Waals surface area contributed by atoms with Gasteiger partial charge in [0.2, 0.25) is 0 Å². The van der Waals surface area contributed by atoms with Crippen LogP contribution in [0.1, 0.15) is 40.5 Å². The van der Waals surface area contributed by atoms with E-state index in [0.29, 0.717) is 26.5 Å². The van der Waals surface area contributed by atoms with E-state index in [9.17, 15) is 9.59 Å². The van der Waals surface area contributed by atoms with E-state index in [1.54, 1.807) is 24.3 Å². The Hall–Kier alpha value is -1.25. The number of amides is 2. The van der Waals surface area contributed by atoms with Crippen molar-refractivity contribution in [2.24, 2.45) is 0 Å². The zero-order chi connectivity index (χ0) is 13.8. The van der Waals surface area contributed by atoms with Crippen LogP contribution >= 0.6 is 8.81 Å². The Balaban J connectivity index is 2.15. The highest BCUT2D eigenvalue weighted by atomic mass is 31.1. The van der Waals surface area contributed by atoms with Crippen LogP contribution in [0.5, 0.6) is 0 Å². The molecule has 102 valence electrons. The largest absolute Gasteiger partial charge is 0.358 e. The number of imide groups is 1. The van der Waals surface area contributed by atoms with E-state index >= 15 is 0 Å². The summed E-state index contributed by atoms with van der Waals surface area (Å²) >= 11 is 0. The minimum atomic E-state index is -0.204. The molecule has 0 bridgehead atoms. The standard InChI is InChI=1S/C14H18NO3P/c1-3-6-10(18-19-2)9-15-13(16)11-7-4-5-8-12(11)14(15)17/h4-5,7-8,10,19H,3,6,9H2,1-2H3. The zero-order valence-electron chi connectivity index (χ0n) is 11.2. The fourth-order valence-corrected chi connectivity index (χ4v) is 2.81. The Labute approximate surface area is 115 Å². The molecule has 0 aliphatic carbocycles. The number of fused-ring (bicyclic) bond motifs is 1. The minimum Gasteiger partial charge on any atom is -0.358 e. The van der Waals surface area contributed by atoms with Crippen molar-refractivity contribution in [2.45, 2.75) is 25.9 Å². The summed E-state index contributed by atoms with van der Waals surface area (Å²) in [4.78, 5) is 25.7. The molecule has 2 rings (SSSR count). The Morgan fingerprint density at radius 2 is 1.79 bits per heavy atom. The summed E-state index contributed by atoms with van der Waals surface area (Å²) in [6.07, 6.45) is 1.77. The molecular weight excluding hydrogens is 261 g/mol. The van der Waals surface area contributed by atoms with Crippen molar-refractivity contribution in [3.63, 3.8) is 0 Å². The maximum Gasteiger partial charge on any atom is 0.261 e. The highest BCUT2D eigenvalue weighted by molar-refractivity contribution is 7.31. The molecule has 2 unspecified atom stereocenters. The first-order chi connectivity index (χ1) is 9.19. The van der Waals surface area contributed by atoms with Crippen LogP contribution in [0.3, 0.4) is 0 Å². The molecule has 4 nitrogen and oxygen atoms in total. The van der Waals surface area contributed by atoms with Gasteiger partial charge in [0.1, 0.15) is 0 Å². The fraction of sp³-hybridized carbons (Fsp3) is 0.429. The normalized spacial score (nSPS) is 16.4. The van der Waals surface area contributed by atoms with E-state index in [1.807, 2.05) is 6.66 Å². The van der Waals surface area contributed by atoms with Crippen molar-refractivity contribution in [1.29, 1.82) is 0 Å². The SMILES string of the molecule is CCCC(CN1C(=O)c2ccccc2C1=O)OPC. The predicted octanol–water partition coefficient (Wildman–Crippen LogP) is 2.69. The van der Waals surface area contributed by atoms with Crippen LogP contribution in [-0.2, 0) is 4.52 Å². The number of carbonyl (C=O) groups excluding carboxylic acids is 2. The highest BCUT2D eigenvalue weighted by Crippen LogP contribution is 2.24. The van der Waals surface area contributed by atoms with Gasteiger partial charge in [-0.25, -0.2) is 0 Å². The second-order valence-electron chi connectivity index (χ2n) is 4.50. The number of carbonyl (C=O) groups is 2. The van der Waals surface area contributed by atoms with Crippen LogP contribution in [0.25, 0.3) is 0 Å². The molecule has 1 aliphatic rings. The summed E-state index contributed by atoms with van der Waals surface area (Å²) in [7, 11) is 0.365. The van der Waals surface area contributed by atoms with Gasteiger partial charge in [0.15, 0.2) is 0 Å². The topological polar surface area (TPSA) is 46.6 Å². The Bertz CT molecular complexity index is 448. The molecule has 2 amide bonds. The fourth-order valence-electron chi connectivity index (χ4n) is 2.28. The first kappa shape index (κ1) is 14.2. The molecular formula is C14H18NO3P. The first-order valence-corrected chi connectivity index (χ1v) is 7.87. The van der Waals surface area contributed by atoms with Gasteiger partial charge in [-0.3, -0.25) is 14.5 Å². The number of hydrogen-bond acceptors (Lipinski definition) is 3. The van der Waals surface area contributed by atoms with Crippen LogP contribution in [0.15, 0.2) is 24.3 Å². The predicted molar refractivity (Wildman–Crippen MR) is 75.8 cm³/mol. The van der Waals surface area contributed by atoms with Crippen molar-refractivity contribution < 1.29 is 14.1 Å². The van der Waals surface area contributed by atoms with Crippen molar-refractivity contribution in [3.05, 3.63) is 35.4 Å². The quantitative estimate of drug-likeness (QED) is 0.594. The van der Waals surface area contributed by atoms with Gasteiger partial charge in [0, 0.05) is 8.81 Å². The first-order valence-electron chi connectivity index (χ1n) is 6.46. The van der Waals surface area contributed by atoms with Crippen LogP contribution in [0.2, 0.25) is 0 Å². The van der Waals surface area contributed by atoms with Gasteiger partial charge in [-0.05, 0) is 25.2 Å². The van der Waals surface area contributed by atoms with E-state index < -0.39 is 0 Å². The number of nitrogens with zero attached hydrogens (tertiary/aromatic N) is 1. The van der Waals surface area contributed by atoms with Gasteiger partial charge in [-0.15, -0.1) is 0 Å². The third-order valence-corrected chi connectivity index (χ3v) is 3.73. The van der Waals surface area contributed by atoms with Gasteiger partial charge in [0.05, 0.1) is 23.8 Å². The molecule has 0 radical (unpaired) electrons. The van der Waals surface area contributed by atoms with Crippen molar-refractivity contribution in [2.75, 3.05) is 13.2 Å². The molecule has 0 saturated carbocycles. The average Bonchev–Trinajstić information content (AvgIpc) is 2.65. The Kier molecular flexibility index (Phi) is 4.67. The molecule has 0 saturated heterocycles. The Morgan fingerprint density at radius 3 is 2.26 bits per heavy atom. The van der Waals surface area contributed by atoms with Crippen molar-refractivity contribution in [3.8, 4) is 0 Å². The second-order valence-corrected chi connectivity index (χ2v) is 5.14. The van der Waals surface area contributed by atoms with Gasteiger partial charge in [-0.1, -0.05) is 25.5 Å². The molecule has 0 aromatic heterocycles. The van der Waals surface area contributed by atoms with E-state index in [-0.39, 0.29) is 17.9 Å². The number of benzene rings is 1. The maximum absolute atomic E-state index is 12.2. The van der Waals surface area contributed by atoms with E-state index in [4.69, 9.17) is 4.52 Å². The van der Waals surface area contributed by atoms with Gasteiger partial charge < -0.3 is 4.52 Å². The summed E-state index contributed by atoms with van der Waals surface area (Å²) in [5.41, 5.74) is 1.00. The molecule has 2 atom stereocenters. The summed E-state index contributed by atoms with van der Waals surface area (Å²) < 4.78 is 5.62. The van der Waals surface area contributed by atoms with E-state index in [0.717, 1.165) is 12.8 Å². The van der Waals surface area contributed by atoms with Crippen LogP contribution < -0.4 is 0 Å². The van der Waals surface area contributed by atoms with Crippen molar-refractivity contribution >= 4 is 20.6 Å². The van der Waals surface area contributed by atoms with Crippen LogP contribution in [0.4, 0.5) is 0 Å². The summed E-state index contributed by atoms with van der Waals surface area (Å²) in [5, 5.41) is 0. The molecule has 0 N–H and O–H groups in total. The lowest BCUT2D eigenvalue weighted by molar-refractivity contribution is 0.0577. The van der Waals surface area contributed by atoms with Crippen LogP contribution in [-0.4, -0.2) is 36.0 Å². The monoisotopic (exact) mass is 279 g/mol. The van der Waals surface area contributed by atoms with E-state index in [1.165, 1.54) is 4.90 Å². The third kappa shape index (κ3) is 2.85. The second kappa shape index (κ2) is 6.27. The summed E-state index contributed by atoms with van der Waals surface area (Å²) in [6, 6.07) is 6.96. The molecule has 0 fully saturated rings. The lowest BCUT2D eigenvalue weighted by Crippen LogP contribution is -2.37. The number of hydrogen-bond donors (Lipinski definition) is 0. The minimum absolute atomic E-state index is 0.0597. The summed E-state index contributed by atoms with van der Waals surface area (Å²) in [5.74, 6) is -0.408. The van der Waals surface area contributed by atoms with Crippen molar-refractivity contribution in [1.82, 2.24) is 4.90 Å². The lowest BCUT2D eigenvalue weighted by atomic mass is 10.1. The van der Waals surface area contributed by atoms with Gasteiger partial charge >= 0.3 is 0 Å². The third-order valence-electron chi connectivity index (χ3n) is 3.16. The molecule has 1 heterocycles.